The van der Waals surface area contributed by atoms with Crippen molar-refractivity contribution in [3.63, 3.8) is 0 Å². The van der Waals surface area contributed by atoms with Gasteiger partial charge in [0.1, 0.15) is 5.82 Å². The molecule has 2 aromatic rings. The first-order chi connectivity index (χ1) is 11.8. The van der Waals surface area contributed by atoms with Crippen molar-refractivity contribution >= 4 is 41.8 Å². The molecular weight excluding hydrogens is 375 g/mol. The molecule has 2 aliphatic heterocycles. The Labute approximate surface area is 165 Å². The fourth-order valence-electron chi connectivity index (χ4n) is 3.66. The van der Waals surface area contributed by atoms with E-state index in [4.69, 9.17) is 9.72 Å². The highest BCUT2D eigenvalue weighted by atomic mass is 35.5. The maximum absolute atomic E-state index is 12.5. The third-order valence-corrected chi connectivity index (χ3v) is 5.06. The number of piperidine rings is 1. The molecule has 2 aliphatic rings. The van der Waals surface area contributed by atoms with E-state index in [9.17, 15) is 4.79 Å². The summed E-state index contributed by atoms with van der Waals surface area (Å²) >= 11 is 0. The summed E-state index contributed by atoms with van der Waals surface area (Å²) in [6.45, 7) is 3.85. The highest BCUT2D eigenvalue weighted by molar-refractivity contribution is 5.85. The standard InChI is InChI=1S/C18H24N4O2.2ClH/c23-17(11-14-12-24-10-7-19-14)22-8-5-13(6-9-22)18-20-15-3-1-2-4-16(15)21-18;;/h1-4,13-14,19H,5-12H2,(H,20,21);2*1H. The maximum Gasteiger partial charge on any atom is 0.224 e. The number of halogens is 2. The Bertz CT molecular complexity index is 677. The number of H-pyrrole nitrogens is 1. The van der Waals surface area contributed by atoms with E-state index in [2.05, 4.69) is 16.4 Å². The normalized spacial score (nSPS) is 21.1. The lowest BCUT2D eigenvalue weighted by Crippen LogP contribution is -2.46. The van der Waals surface area contributed by atoms with Crippen LogP contribution in [0.25, 0.3) is 11.0 Å². The third-order valence-electron chi connectivity index (χ3n) is 5.06. The molecule has 26 heavy (non-hydrogen) atoms. The van der Waals surface area contributed by atoms with Gasteiger partial charge in [-0.1, -0.05) is 12.1 Å². The van der Waals surface area contributed by atoms with E-state index in [-0.39, 0.29) is 36.8 Å². The number of likely N-dealkylation sites (tertiary alicyclic amines) is 1. The molecular formula is C18H26Cl2N4O2. The second kappa shape index (κ2) is 9.55. The Morgan fingerprint density at radius 2 is 2.00 bits per heavy atom. The Kier molecular flexibility index (Phi) is 7.70. The molecule has 144 valence electrons. The minimum absolute atomic E-state index is 0. The van der Waals surface area contributed by atoms with Crippen LogP contribution in [-0.4, -0.2) is 59.7 Å². The van der Waals surface area contributed by atoms with E-state index in [1.165, 1.54) is 0 Å². The summed E-state index contributed by atoms with van der Waals surface area (Å²) in [5.74, 6) is 1.71. The number of carbonyl (C=O) groups is 1. The average Bonchev–Trinajstić information content (AvgIpc) is 3.07. The van der Waals surface area contributed by atoms with E-state index < -0.39 is 0 Å². The van der Waals surface area contributed by atoms with Crippen LogP contribution in [-0.2, 0) is 9.53 Å². The van der Waals surface area contributed by atoms with Gasteiger partial charge in [-0.3, -0.25) is 4.79 Å². The van der Waals surface area contributed by atoms with Crippen molar-refractivity contribution in [2.45, 2.75) is 31.2 Å². The van der Waals surface area contributed by atoms with Gasteiger partial charge in [0, 0.05) is 38.0 Å². The number of para-hydroxylation sites is 2. The molecule has 1 aromatic heterocycles. The molecule has 0 bridgehead atoms. The van der Waals surface area contributed by atoms with Gasteiger partial charge >= 0.3 is 0 Å². The summed E-state index contributed by atoms with van der Waals surface area (Å²) in [6.07, 6.45) is 2.48. The molecule has 3 heterocycles. The average molecular weight is 401 g/mol. The molecule has 1 unspecified atom stereocenters. The van der Waals surface area contributed by atoms with Crippen molar-refractivity contribution in [1.82, 2.24) is 20.2 Å². The molecule has 6 nitrogen and oxygen atoms in total. The number of amides is 1. The summed E-state index contributed by atoms with van der Waals surface area (Å²) in [5.41, 5.74) is 2.11. The first kappa shape index (κ1) is 21.0. The summed E-state index contributed by atoms with van der Waals surface area (Å²) < 4.78 is 5.43. The first-order valence-corrected chi connectivity index (χ1v) is 8.83. The van der Waals surface area contributed by atoms with Gasteiger partial charge in [-0.25, -0.2) is 4.98 Å². The van der Waals surface area contributed by atoms with Crippen LogP contribution in [0.4, 0.5) is 0 Å². The van der Waals surface area contributed by atoms with E-state index in [1.54, 1.807) is 0 Å². The Hall–Kier alpha value is -1.34. The number of aromatic nitrogens is 2. The second-order valence-electron chi connectivity index (χ2n) is 6.72. The summed E-state index contributed by atoms with van der Waals surface area (Å²) in [7, 11) is 0. The molecule has 2 saturated heterocycles. The van der Waals surface area contributed by atoms with Crippen LogP contribution < -0.4 is 5.32 Å². The molecule has 8 heteroatoms. The molecule has 0 spiro atoms. The number of nitrogens with one attached hydrogen (secondary N) is 2. The van der Waals surface area contributed by atoms with Gasteiger partial charge in [0.25, 0.3) is 0 Å². The lowest BCUT2D eigenvalue weighted by molar-refractivity contribution is -0.133. The van der Waals surface area contributed by atoms with E-state index >= 15 is 0 Å². The SMILES string of the molecule is Cl.Cl.O=C(CC1COCCN1)N1CCC(c2nc3ccccc3[nH]2)CC1. The minimum atomic E-state index is 0. The molecule has 1 aromatic carbocycles. The third kappa shape index (κ3) is 4.68. The zero-order chi connectivity index (χ0) is 16.4. The maximum atomic E-state index is 12.5. The van der Waals surface area contributed by atoms with Crippen molar-refractivity contribution in [3.05, 3.63) is 30.1 Å². The monoisotopic (exact) mass is 400 g/mol. The van der Waals surface area contributed by atoms with Crippen LogP contribution in [0, 0.1) is 0 Å². The number of hydrogen-bond donors (Lipinski definition) is 2. The fourth-order valence-corrected chi connectivity index (χ4v) is 3.66. The van der Waals surface area contributed by atoms with Gasteiger partial charge in [-0.05, 0) is 25.0 Å². The summed E-state index contributed by atoms with van der Waals surface area (Å²) in [6, 6.07) is 8.29. The van der Waals surface area contributed by atoms with Crippen molar-refractivity contribution in [1.29, 1.82) is 0 Å². The Balaban J connectivity index is 0.00000121. The number of rotatable bonds is 3. The van der Waals surface area contributed by atoms with Crippen molar-refractivity contribution in [3.8, 4) is 0 Å². The van der Waals surface area contributed by atoms with Gasteiger partial charge in [-0.15, -0.1) is 24.8 Å². The number of hydrogen-bond acceptors (Lipinski definition) is 4. The van der Waals surface area contributed by atoms with E-state index in [1.807, 2.05) is 23.1 Å². The molecule has 0 radical (unpaired) electrons. The topological polar surface area (TPSA) is 70.2 Å². The zero-order valence-electron chi connectivity index (χ0n) is 14.6. The molecule has 1 amide bonds. The number of ether oxygens (including phenoxy) is 1. The van der Waals surface area contributed by atoms with Gasteiger partial charge in [-0.2, -0.15) is 0 Å². The van der Waals surface area contributed by atoms with Crippen molar-refractivity contribution in [2.24, 2.45) is 0 Å². The van der Waals surface area contributed by atoms with Crippen LogP contribution in [0.3, 0.4) is 0 Å². The number of morpholine rings is 1. The first-order valence-electron chi connectivity index (χ1n) is 8.83. The van der Waals surface area contributed by atoms with Gasteiger partial charge in [0.05, 0.1) is 24.2 Å². The smallest absolute Gasteiger partial charge is 0.224 e. The number of carbonyl (C=O) groups excluding carboxylic acids is 1. The molecule has 1 atom stereocenters. The predicted molar refractivity (Wildman–Crippen MR) is 106 cm³/mol. The number of imidazole rings is 1. The van der Waals surface area contributed by atoms with Gasteiger partial charge in [0.15, 0.2) is 0 Å². The largest absolute Gasteiger partial charge is 0.378 e. The van der Waals surface area contributed by atoms with Gasteiger partial charge in [0.2, 0.25) is 5.91 Å². The molecule has 4 rings (SSSR count). The van der Waals surface area contributed by atoms with Crippen LogP contribution in [0.5, 0.6) is 0 Å². The highest BCUT2D eigenvalue weighted by Gasteiger charge is 2.27. The highest BCUT2D eigenvalue weighted by Crippen LogP contribution is 2.28. The molecule has 0 saturated carbocycles. The molecule has 2 N–H and O–H groups in total. The summed E-state index contributed by atoms with van der Waals surface area (Å²) in [5, 5.41) is 3.35. The predicted octanol–water partition coefficient (Wildman–Crippen LogP) is 2.49. The number of nitrogens with zero attached hydrogens (tertiary/aromatic N) is 2. The Morgan fingerprint density at radius 1 is 1.23 bits per heavy atom. The molecule has 2 fully saturated rings. The van der Waals surface area contributed by atoms with Crippen molar-refractivity contribution in [2.75, 3.05) is 32.8 Å². The van der Waals surface area contributed by atoms with Crippen LogP contribution in [0.1, 0.15) is 31.0 Å². The molecule has 0 aliphatic carbocycles. The minimum Gasteiger partial charge on any atom is -0.378 e. The quantitative estimate of drug-likeness (QED) is 0.829. The lowest BCUT2D eigenvalue weighted by Gasteiger charge is -2.33. The zero-order valence-corrected chi connectivity index (χ0v) is 16.3. The second-order valence-corrected chi connectivity index (χ2v) is 6.72. The van der Waals surface area contributed by atoms with E-state index in [0.717, 1.165) is 55.9 Å². The summed E-state index contributed by atoms with van der Waals surface area (Å²) in [4.78, 5) is 22.6. The number of aromatic amines is 1. The number of fused-ring (bicyclic) bond motifs is 1. The van der Waals surface area contributed by atoms with Crippen LogP contribution in [0.15, 0.2) is 24.3 Å². The fraction of sp³-hybridized carbons (Fsp3) is 0.556. The van der Waals surface area contributed by atoms with Crippen LogP contribution in [0.2, 0.25) is 0 Å². The van der Waals surface area contributed by atoms with Crippen molar-refractivity contribution < 1.29 is 9.53 Å². The lowest BCUT2D eigenvalue weighted by atomic mass is 9.95. The Morgan fingerprint density at radius 3 is 2.69 bits per heavy atom. The van der Waals surface area contributed by atoms with Crippen LogP contribution >= 0.6 is 24.8 Å². The number of benzene rings is 1. The van der Waals surface area contributed by atoms with E-state index in [0.29, 0.717) is 18.9 Å². The van der Waals surface area contributed by atoms with Gasteiger partial charge < -0.3 is 19.9 Å².